The van der Waals surface area contributed by atoms with E-state index in [4.69, 9.17) is 4.74 Å². The molecular formula is C21H24F4N2O2. The zero-order valence-corrected chi connectivity index (χ0v) is 16.4. The van der Waals surface area contributed by atoms with Crippen molar-refractivity contribution < 1.29 is 27.4 Å². The van der Waals surface area contributed by atoms with Crippen molar-refractivity contribution in [1.29, 1.82) is 0 Å². The first-order chi connectivity index (χ1) is 13.7. The van der Waals surface area contributed by atoms with E-state index in [2.05, 4.69) is 5.10 Å². The van der Waals surface area contributed by atoms with Gasteiger partial charge in [-0.2, -0.15) is 5.10 Å². The second-order valence-corrected chi connectivity index (χ2v) is 6.87. The van der Waals surface area contributed by atoms with E-state index in [1.165, 1.54) is 13.2 Å². The fourth-order valence-corrected chi connectivity index (χ4v) is 2.90. The molecule has 8 heteroatoms. The lowest BCUT2D eigenvalue weighted by Gasteiger charge is -2.34. The maximum Gasteiger partial charge on any atom is 0.141 e. The second kappa shape index (κ2) is 9.73. The van der Waals surface area contributed by atoms with E-state index in [0.29, 0.717) is 0 Å². The molecule has 0 spiro atoms. The summed E-state index contributed by atoms with van der Waals surface area (Å²) in [6.07, 6.45) is -2.42. The minimum atomic E-state index is -2.25. The molecule has 0 aliphatic heterocycles. The molecule has 0 bridgehead atoms. The lowest BCUT2D eigenvalue weighted by atomic mass is 9.76. The monoisotopic (exact) mass is 412 g/mol. The predicted octanol–water partition coefficient (Wildman–Crippen LogP) is 4.45. The van der Waals surface area contributed by atoms with Crippen molar-refractivity contribution in [3.8, 4) is 5.75 Å². The number of hydrogen-bond donors (Lipinski definition) is 1. The molecular weight excluding hydrogens is 388 g/mol. The van der Waals surface area contributed by atoms with Gasteiger partial charge in [-0.25, -0.2) is 17.7 Å². The van der Waals surface area contributed by atoms with E-state index in [-0.39, 0.29) is 11.3 Å². The van der Waals surface area contributed by atoms with E-state index in [9.17, 15) is 22.7 Å². The zero-order chi connectivity index (χ0) is 21.6. The maximum absolute atomic E-state index is 14.3. The molecule has 1 N–H and O–H groups in total. The fraction of sp³-hybridized carbons (Fsp3) is 0.381. The molecule has 3 rings (SSSR count). The van der Waals surface area contributed by atoms with Crippen LogP contribution in [0.1, 0.15) is 19.4 Å². The van der Waals surface area contributed by atoms with Crippen molar-refractivity contribution in [2.45, 2.75) is 37.7 Å². The Labute approximate surface area is 166 Å². The minimum Gasteiger partial charge on any atom is -0.496 e. The van der Waals surface area contributed by atoms with Gasteiger partial charge >= 0.3 is 0 Å². The standard InChI is InChI=1S/C14H18F4O2.C7H6N2/c1-8(16)12(19)13(18)14(2,7-15)10-6-9(17)4-5-11(10)20-3;1-2-6-9-7(3-1)4-5-8-9/h4-6,8,12-13,19H,7H2,1-3H3;1-6H. The number of rotatable bonds is 6. The highest BCUT2D eigenvalue weighted by atomic mass is 19.2. The van der Waals surface area contributed by atoms with Crippen LogP contribution in [0.25, 0.3) is 5.52 Å². The molecule has 158 valence electrons. The van der Waals surface area contributed by atoms with Crippen LogP contribution in [-0.2, 0) is 5.41 Å². The Morgan fingerprint density at radius 1 is 1.21 bits per heavy atom. The number of alkyl halides is 3. The summed E-state index contributed by atoms with van der Waals surface area (Å²) < 4.78 is 60.9. The Morgan fingerprint density at radius 3 is 2.52 bits per heavy atom. The van der Waals surface area contributed by atoms with Crippen molar-refractivity contribution in [3.63, 3.8) is 0 Å². The molecule has 4 nitrogen and oxygen atoms in total. The predicted molar refractivity (Wildman–Crippen MR) is 103 cm³/mol. The number of hydrogen-bond acceptors (Lipinski definition) is 3. The van der Waals surface area contributed by atoms with Crippen LogP contribution in [0.5, 0.6) is 5.75 Å². The van der Waals surface area contributed by atoms with Gasteiger partial charge in [0.05, 0.1) is 18.0 Å². The SMILES string of the molecule is COc1ccc(F)cc1C(C)(CF)C(F)C(O)C(C)F.c1ccn2nccc2c1. The molecule has 4 atom stereocenters. The summed E-state index contributed by atoms with van der Waals surface area (Å²) in [5, 5.41) is 13.5. The first-order valence-electron chi connectivity index (χ1n) is 8.99. The van der Waals surface area contributed by atoms with E-state index >= 15 is 0 Å². The topological polar surface area (TPSA) is 46.8 Å². The third kappa shape index (κ3) is 5.06. The maximum atomic E-state index is 14.3. The third-order valence-electron chi connectivity index (χ3n) is 4.74. The van der Waals surface area contributed by atoms with E-state index in [1.54, 1.807) is 6.20 Å². The fourth-order valence-electron chi connectivity index (χ4n) is 2.90. The molecule has 0 radical (unpaired) electrons. The van der Waals surface area contributed by atoms with Crippen LogP contribution in [0.15, 0.2) is 54.9 Å². The molecule has 0 aliphatic carbocycles. The molecule has 0 fully saturated rings. The van der Waals surface area contributed by atoms with Crippen LogP contribution in [0, 0.1) is 5.82 Å². The van der Waals surface area contributed by atoms with E-state index in [0.717, 1.165) is 31.5 Å². The van der Waals surface area contributed by atoms with Crippen molar-refractivity contribution in [2.24, 2.45) is 0 Å². The number of aromatic nitrogens is 2. The van der Waals surface area contributed by atoms with Gasteiger partial charge in [0.25, 0.3) is 0 Å². The highest BCUT2D eigenvalue weighted by Crippen LogP contribution is 2.39. The molecule has 2 aromatic heterocycles. The smallest absolute Gasteiger partial charge is 0.141 e. The van der Waals surface area contributed by atoms with Gasteiger partial charge in [-0.3, -0.25) is 4.39 Å². The Bertz CT molecular complexity index is 888. The van der Waals surface area contributed by atoms with Crippen LogP contribution in [0.4, 0.5) is 17.6 Å². The molecule has 2 heterocycles. The summed E-state index contributed by atoms with van der Waals surface area (Å²) in [4.78, 5) is 0. The number of pyridine rings is 1. The molecule has 0 saturated carbocycles. The Morgan fingerprint density at radius 2 is 1.93 bits per heavy atom. The Kier molecular flexibility index (Phi) is 7.61. The van der Waals surface area contributed by atoms with Crippen LogP contribution in [-0.4, -0.2) is 47.0 Å². The van der Waals surface area contributed by atoms with Crippen LogP contribution in [0.2, 0.25) is 0 Å². The summed E-state index contributed by atoms with van der Waals surface area (Å²) in [5.74, 6) is -0.622. The quantitative estimate of drug-likeness (QED) is 0.609. The molecule has 4 unspecified atom stereocenters. The molecule has 0 amide bonds. The van der Waals surface area contributed by atoms with Gasteiger partial charge in [-0.15, -0.1) is 0 Å². The van der Waals surface area contributed by atoms with Gasteiger partial charge in [0.1, 0.15) is 36.7 Å². The van der Waals surface area contributed by atoms with Gasteiger partial charge in [0, 0.05) is 18.0 Å². The summed E-state index contributed by atoms with van der Waals surface area (Å²) in [5.41, 5.74) is -0.861. The second-order valence-electron chi connectivity index (χ2n) is 6.87. The number of methoxy groups -OCH3 is 1. The Balaban J connectivity index is 0.000000272. The van der Waals surface area contributed by atoms with Crippen molar-refractivity contribution in [1.82, 2.24) is 9.61 Å². The molecule has 0 saturated heterocycles. The number of benzene rings is 1. The number of ether oxygens (including phenoxy) is 1. The lowest BCUT2D eigenvalue weighted by Crippen LogP contribution is -2.46. The minimum absolute atomic E-state index is 0.0768. The van der Waals surface area contributed by atoms with E-state index < -0.39 is 36.4 Å². The largest absolute Gasteiger partial charge is 0.496 e. The number of fused-ring (bicyclic) bond motifs is 1. The number of aliphatic hydroxyl groups excluding tert-OH is 1. The first kappa shape index (κ1) is 22.7. The third-order valence-corrected chi connectivity index (χ3v) is 4.74. The Hall–Kier alpha value is -2.61. The van der Waals surface area contributed by atoms with Gasteiger partial charge in [-0.1, -0.05) is 6.07 Å². The number of halogens is 4. The summed E-state index contributed by atoms with van der Waals surface area (Å²) >= 11 is 0. The van der Waals surface area contributed by atoms with Crippen LogP contribution < -0.4 is 4.74 Å². The number of aliphatic hydroxyl groups is 1. The highest BCUT2D eigenvalue weighted by molar-refractivity contribution is 5.44. The normalized spacial score (nSPS) is 16.3. The average molecular weight is 412 g/mol. The van der Waals surface area contributed by atoms with Gasteiger partial charge in [0.15, 0.2) is 0 Å². The lowest BCUT2D eigenvalue weighted by molar-refractivity contribution is -0.0208. The van der Waals surface area contributed by atoms with E-state index in [1.807, 2.05) is 35.0 Å². The molecule has 0 aliphatic rings. The summed E-state index contributed by atoms with van der Waals surface area (Å²) in [7, 11) is 1.27. The zero-order valence-electron chi connectivity index (χ0n) is 16.4. The summed E-state index contributed by atoms with van der Waals surface area (Å²) in [6.45, 7) is 0.886. The van der Waals surface area contributed by atoms with Crippen LogP contribution >= 0.6 is 0 Å². The van der Waals surface area contributed by atoms with Gasteiger partial charge in [-0.05, 0) is 50.2 Å². The molecule has 3 aromatic rings. The van der Waals surface area contributed by atoms with Crippen molar-refractivity contribution in [3.05, 3.63) is 66.2 Å². The molecule has 1 aromatic carbocycles. The van der Waals surface area contributed by atoms with Gasteiger partial charge in [0.2, 0.25) is 0 Å². The highest BCUT2D eigenvalue weighted by Gasteiger charge is 2.44. The average Bonchev–Trinajstić information content (AvgIpc) is 3.21. The van der Waals surface area contributed by atoms with Crippen LogP contribution in [0.3, 0.4) is 0 Å². The first-order valence-corrected chi connectivity index (χ1v) is 8.99. The molecule has 29 heavy (non-hydrogen) atoms. The summed E-state index contributed by atoms with van der Waals surface area (Å²) in [6, 6.07) is 11.2. The number of nitrogens with zero attached hydrogens (tertiary/aromatic N) is 2. The van der Waals surface area contributed by atoms with Crippen molar-refractivity contribution >= 4 is 5.52 Å². The van der Waals surface area contributed by atoms with Gasteiger partial charge < -0.3 is 9.84 Å². The van der Waals surface area contributed by atoms with Crippen molar-refractivity contribution in [2.75, 3.05) is 13.8 Å².